The zero-order chi connectivity index (χ0) is 24.5. The van der Waals surface area contributed by atoms with Crippen molar-refractivity contribution in [3.05, 3.63) is 93.1 Å². The highest BCUT2D eigenvalue weighted by molar-refractivity contribution is 14.1. The molecule has 0 saturated carbocycles. The molecule has 0 bridgehead atoms. The molecule has 176 valence electrons. The second-order valence-electron chi connectivity index (χ2n) is 7.33. The Hall–Kier alpha value is -3.40. The molecule has 0 radical (unpaired) electrons. The molecule has 0 spiro atoms. The molecule has 3 aromatic rings. The van der Waals surface area contributed by atoms with Gasteiger partial charge in [0.15, 0.2) is 0 Å². The number of carbonyl (C=O) groups is 3. The van der Waals surface area contributed by atoms with Gasteiger partial charge in [-0.05, 0) is 77.5 Å². The summed E-state index contributed by atoms with van der Waals surface area (Å²) in [5, 5.41) is 6.21. The summed E-state index contributed by atoms with van der Waals surface area (Å²) in [4.78, 5) is 37.7. The number of carbonyl (C=O) groups excluding carboxylic acids is 3. The van der Waals surface area contributed by atoms with Crippen molar-refractivity contribution in [2.75, 3.05) is 19.0 Å². The van der Waals surface area contributed by atoms with Crippen molar-refractivity contribution in [2.24, 2.45) is 0 Å². The van der Waals surface area contributed by atoms with Gasteiger partial charge in [-0.2, -0.15) is 0 Å². The zero-order valence-corrected chi connectivity index (χ0v) is 21.0. The van der Waals surface area contributed by atoms with Crippen LogP contribution in [0.2, 0.25) is 0 Å². The number of hydrogen-bond acceptors (Lipinski definition) is 6. The molecule has 3 aromatic carbocycles. The van der Waals surface area contributed by atoms with Crippen LogP contribution in [0.5, 0.6) is 0 Å². The van der Waals surface area contributed by atoms with Crippen LogP contribution in [-0.2, 0) is 14.3 Å². The Balaban J connectivity index is 1.92. The Morgan fingerprint density at radius 3 is 2.44 bits per heavy atom. The first-order valence-electron chi connectivity index (χ1n) is 10.7. The maximum Gasteiger partial charge on any atom is 0.337 e. The first-order chi connectivity index (χ1) is 16.4. The van der Waals surface area contributed by atoms with Crippen molar-refractivity contribution in [1.82, 2.24) is 5.32 Å². The second kappa shape index (κ2) is 12.2. The van der Waals surface area contributed by atoms with E-state index in [2.05, 4.69) is 33.2 Å². The summed E-state index contributed by atoms with van der Waals surface area (Å²) in [6.45, 7) is 1.94. The van der Waals surface area contributed by atoms with E-state index in [1.54, 1.807) is 37.3 Å². The predicted octanol–water partition coefficient (Wildman–Crippen LogP) is 5.25. The molecule has 2 N–H and O–H groups in total. The van der Waals surface area contributed by atoms with Gasteiger partial charge in [0.05, 0.1) is 43.0 Å². The number of anilines is 2. The Kier molecular flexibility index (Phi) is 9.03. The maximum absolute atomic E-state index is 13.4. The minimum Gasteiger partial charge on any atom is -0.466 e. The van der Waals surface area contributed by atoms with Crippen LogP contribution >= 0.6 is 22.6 Å². The van der Waals surface area contributed by atoms with Crippen molar-refractivity contribution in [1.29, 1.82) is 0 Å². The molecular formula is C26H25IN2O5. The maximum atomic E-state index is 13.4. The molecule has 1 unspecified atom stereocenters. The summed E-state index contributed by atoms with van der Waals surface area (Å²) in [7, 11) is 1.30. The fourth-order valence-electron chi connectivity index (χ4n) is 3.37. The van der Waals surface area contributed by atoms with Crippen LogP contribution in [-0.4, -0.2) is 31.6 Å². The molecule has 0 aliphatic heterocycles. The van der Waals surface area contributed by atoms with Crippen molar-refractivity contribution in [3.63, 3.8) is 0 Å². The number of benzene rings is 3. The summed E-state index contributed by atoms with van der Waals surface area (Å²) < 4.78 is 10.8. The van der Waals surface area contributed by atoms with Crippen LogP contribution in [0.25, 0.3) is 0 Å². The SMILES string of the molecule is CCOC(=O)CC(NC(=O)c1cc(I)ccc1Nc1ccccc1)c1cccc(C(=O)OC)c1. The minimum atomic E-state index is -0.710. The van der Waals surface area contributed by atoms with Crippen LogP contribution in [0.3, 0.4) is 0 Å². The molecule has 0 fully saturated rings. The van der Waals surface area contributed by atoms with Gasteiger partial charge in [-0.15, -0.1) is 0 Å². The number of para-hydroxylation sites is 1. The molecule has 0 aliphatic carbocycles. The Bertz CT molecular complexity index is 1170. The van der Waals surface area contributed by atoms with Crippen molar-refractivity contribution < 1.29 is 23.9 Å². The first kappa shape index (κ1) is 25.2. The number of halogens is 1. The smallest absolute Gasteiger partial charge is 0.337 e. The number of hydrogen-bond donors (Lipinski definition) is 2. The van der Waals surface area contributed by atoms with Crippen LogP contribution in [0.1, 0.15) is 45.7 Å². The molecule has 8 heteroatoms. The van der Waals surface area contributed by atoms with E-state index in [9.17, 15) is 14.4 Å². The number of ether oxygens (including phenoxy) is 2. The molecule has 1 atom stereocenters. The first-order valence-corrected chi connectivity index (χ1v) is 11.8. The molecule has 3 rings (SSSR count). The monoisotopic (exact) mass is 572 g/mol. The fourth-order valence-corrected chi connectivity index (χ4v) is 3.86. The van der Waals surface area contributed by atoms with Crippen LogP contribution in [0.15, 0.2) is 72.8 Å². The number of rotatable bonds is 9. The van der Waals surface area contributed by atoms with Crippen LogP contribution in [0.4, 0.5) is 11.4 Å². The highest BCUT2D eigenvalue weighted by Gasteiger charge is 2.23. The third-order valence-corrected chi connectivity index (χ3v) is 5.64. The molecule has 7 nitrogen and oxygen atoms in total. The lowest BCUT2D eigenvalue weighted by molar-refractivity contribution is -0.143. The van der Waals surface area contributed by atoms with Crippen molar-refractivity contribution >= 4 is 51.8 Å². The number of methoxy groups -OCH3 is 1. The lowest BCUT2D eigenvalue weighted by Crippen LogP contribution is -2.31. The van der Waals surface area contributed by atoms with Crippen LogP contribution < -0.4 is 10.6 Å². The predicted molar refractivity (Wildman–Crippen MR) is 138 cm³/mol. The summed E-state index contributed by atoms with van der Waals surface area (Å²) in [6.07, 6.45) is -0.0877. The van der Waals surface area contributed by atoms with Gasteiger partial charge in [-0.3, -0.25) is 9.59 Å². The standard InChI is InChI=1S/C26H25IN2O5/c1-3-34-24(30)16-23(17-8-7-9-18(14-17)26(32)33-2)29-25(31)21-15-19(27)12-13-22(21)28-20-10-5-4-6-11-20/h4-15,23,28H,3,16H2,1-2H3,(H,29,31). The van der Waals surface area contributed by atoms with Gasteiger partial charge in [-0.25, -0.2) is 4.79 Å². The largest absolute Gasteiger partial charge is 0.466 e. The third kappa shape index (κ3) is 6.80. The van der Waals surface area contributed by atoms with Gasteiger partial charge in [0.25, 0.3) is 5.91 Å². The van der Waals surface area contributed by atoms with E-state index in [1.165, 1.54) is 7.11 Å². The normalized spacial score (nSPS) is 11.3. The Labute approximate surface area is 212 Å². The van der Waals surface area contributed by atoms with E-state index in [1.807, 2.05) is 42.5 Å². The number of esters is 2. The second-order valence-corrected chi connectivity index (χ2v) is 8.58. The van der Waals surface area contributed by atoms with E-state index in [-0.39, 0.29) is 18.9 Å². The molecule has 0 heterocycles. The highest BCUT2D eigenvalue weighted by Crippen LogP contribution is 2.25. The van der Waals surface area contributed by atoms with Gasteiger partial charge < -0.3 is 20.1 Å². The molecule has 34 heavy (non-hydrogen) atoms. The molecular weight excluding hydrogens is 547 g/mol. The van der Waals surface area contributed by atoms with Gasteiger partial charge in [0.1, 0.15) is 0 Å². The molecule has 0 aliphatic rings. The quantitative estimate of drug-likeness (QED) is 0.269. The summed E-state index contributed by atoms with van der Waals surface area (Å²) in [5.41, 5.74) is 2.80. The zero-order valence-electron chi connectivity index (χ0n) is 18.8. The van der Waals surface area contributed by atoms with E-state index in [0.717, 1.165) is 9.26 Å². The van der Waals surface area contributed by atoms with E-state index >= 15 is 0 Å². The summed E-state index contributed by atoms with van der Waals surface area (Å²) >= 11 is 2.15. The van der Waals surface area contributed by atoms with Crippen molar-refractivity contribution in [2.45, 2.75) is 19.4 Å². The Morgan fingerprint density at radius 1 is 0.971 bits per heavy atom. The summed E-state index contributed by atoms with van der Waals surface area (Å²) in [5.74, 6) is -1.33. The lowest BCUT2D eigenvalue weighted by atomic mass is 10.0. The highest BCUT2D eigenvalue weighted by atomic mass is 127. The minimum absolute atomic E-state index is 0.0877. The van der Waals surface area contributed by atoms with E-state index in [0.29, 0.717) is 22.4 Å². The van der Waals surface area contributed by atoms with Crippen molar-refractivity contribution in [3.8, 4) is 0 Å². The fraction of sp³-hybridized carbons (Fsp3) is 0.192. The van der Waals surface area contributed by atoms with Crippen LogP contribution in [0, 0.1) is 3.57 Å². The number of amides is 1. The average Bonchev–Trinajstić information content (AvgIpc) is 2.85. The molecule has 0 aromatic heterocycles. The lowest BCUT2D eigenvalue weighted by Gasteiger charge is -2.20. The van der Waals surface area contributed by atoms with E-state index in [4.69, 9.17) is 9.47 Å². The van der Waals surface area contributed by atoms with Gasteiger partial charge in [-0.1, -0.05) is 30.3 Å². The Morgan fingerprint density at radius 2 is 1.74 bits per heavy atom. The average molecular weight is 572 g/mol. The third-order valence-electron chi connectivity index (χ3n) is 4.97. The van der Waals surface area contributed by atoms with E-state index < -0.39 is 18.0 Å². The summed E-state index contributed by atoms with van der Waals surface area (Å²) in [6, 6.07) is 21.0. The molecule has 0 saturated heterocycles. The van der Waals surface area contributed by atoms with Gasteiger partial charge in [0.2, 0.25) is 0 Å². The topological polar surface area (TPSA) is 93.7 Å². The van der Waals surface area contributed by atoms with Gasteiger partial charge >= 0.3 is 11.9 Å². The van der Waals surface area contributed by atoms with Gasteiger partial charge in [0, 0.05) is 9.26 Å². The molecule has 1 amide bonds. The number of nitrogens with one attached hydrogen (secondary N) is 2.